The predicted molar refractivity (Wildman–Crippen MR) is 45.3 cm³/mol. The molecule has 0 aromatic rings. The molecule has 1 aliphatic heterocycles. The fourth-order valence-corrected chi connectivity index (χ4v) is 1.58. The third-order valence-corrected chi connectivity index (χ3v) is 2.86. The van der Waals surface area contributed by atoms with Crippen LogP contribution in [0.3, 0.4) is 0 Å². The molecule has 2 nitrogen and oxygen atoms in total. The van der Waals surface area contributed by atoms with E-state index in [2.05, 4.69) is 13.8 Å². The Bertz CT molecular complexity index is 167. The molecule has 2 heteroatoms. The summed E-state index contributed by atoms with van der Waals surface area (Å²) in [5.74, 6) is 0.224. The van der Waals surface area contributed by atoms with Crippen LogP contribution in [0.5, 0.6) is 0 Å². The van der Waals surface area contributed by atoms with E-state index in [1.54, 1.807) is 6.92 Å². The van der Waals surface area contributed by atoms with Gasteiger partial charge in [-0.1, -0.05) is 13.8 Å². The highest BCUT2D eigenvalue weighted by Gasteiger charge is 2.32. The topological polar surface area (TPSA) is 20.3 Å². The molecule has 11 heavy (non-hydrogen) atoms. The Hall–Kier alpha value is -0.530. The average Bonchev–Trinajstić information content (AvgIpc) is 2.33. The molecule has 1 rings (SSSR count). The highest BCUT2D eigenvalue weighted by Crippen LogP contribution is 2.32. The summed E-state index contributed by atoms with van der Waals surface area (Å²) in [6.07, 6.45) is 2.35. The molecule has 1 unspecified atom stereocenters. The second kappa shape index (κ2) is 2.84. The van der Waals surface area contributed by atoms with E-state index in [1.807, 2.05) is 4.90 Å². The van der Waals surface area contributed by atoms with Crippen LogP contribution in [0.2, 0.25) is 0 Å². The van der Waals surface area contributed by atoms with Crippen molar-refractivity contribution < 1.29 is 4.79 Å². The van der Waals surface area contributed by atoms with Crippen LogP contribution in [0.15, 0.2) is 0 Å². The molecule has 0 radical (unpaired) electrons. The van der Waals surface area contributed by atoms with Gasteiger partial charge in [-0.15, -0.1) is 0 Å². The van der Waals surface area contributed by atoms with Gasteiger partial charge in [-0.05, 0) is 18.3 Å². The van der Waals surface area contributed by atoms with Crippen LogP contribution >= 0.6 is 0 Å². The fraction of sp³-hybridized carbons (Fsp3) is 0.889. The Morgan fingerprint density at radius 1 is 1.64 bits per heavy atom. The highest BCUT2D eigenvalue weighted by atomic mass is 16.2. The van der Waals surface area contributed by atoms with Gasteiger partial charge in [0, 0.05) is 20.0 Å². The van der Waals surface area contributed by atoms with Crippen molar-refractivity contribution in [3.63, 3.8) is 0 Å². The lowest BCUT2D eigenvalue weighted by Gasteiger charge is -2.21. The molecular weight excluding hydrogens is 138 g/mol. The van der Waals surface area contributed by atoms with Crippen LogP contribution in [0.4, 0.5) is 0 Å². The van der Waals surface area contributed by atoms with Gasteiger partial charge in [-0.3, -0.25) is 4.79 Å². The van der Waals surface area contributed by atoms with Crippen LogP contribution in [0.1, 0.15) is 33.6 Å². The molecule has 64 valence electrons. The first-order valence-corrected chi connectivity index (χ1v) is 4.33. The number of hydrogen-bond acceptors (Lipinski definition) is 1. The Kier molecular flexibility index (Phi) is 2.21. The Morgan fingerprint density at radius 3 is 2.55 bits per heavy atom. The van der Waals surface area contributed by atoms with E-state index in [1.165, 1.54) is 12.8 Å². The van der Waals surface area contributed by atoms with Crippen molar-refractivity contribution in [2.75, 3.05) is 13.1 Å². The van der Waals surface area contributed by atoms with Gasteiger partial charge in [0.2, 0.25) is 5.91 Å². The lowest BCUT2D eigenvalue weighted by molar-refractivity contribution is -0.128. The monoisotopic (exact) mass is 155 g/mol. The summed E-state index contributed by atoms with van der Waals surface area (Å²) in [7, 11) is 0. The Labute approximate surface area is 68.6 Å². The average molecular weight is 155 g/mol. The van der Waals surface area contributed by atoms with E-state index in [0.717, 1.165) is 13.1 Å². The number of rotatable bonds is 1. The van der Waals surface area contributed by atoms with Gasteiger partial charge in [-0.25, -0.2) is 0 Å². The maximum atomic E-state index is 11.0. The molecule has 1 heterocycles. The molecule has 0 N–H and O–H groups in total. The second-order valence-corrected chi connectivity index (χ2v) is 3.85. The minimum atomic E-state index is 0.224. The Morgan fingerprint density at radius 2 is 2.27 bits per heavy atom. The van der Waals surface area contributed by atoms with Crippen LogP contribution in [0.25, 0.3) is 0 Å². The van der Waals surface area contributed by atoms with Crippen LogP contribution in [0, 0.1) is 5.41 Å². The number of carbonyl (C=O) groups is 1. The van der Waals surface area contributed by atoms with E-state index in [0.29, 0.717) is 5.41 Å². The number of hydrogen-bond donors (Lipinski definition) is 0. The van der Waals surface area contributed by atoms with E-state index in [9.17, 15) is 4.79 Å². The molecule has 1 atom stereocenters. The normalized spacial score (nSPS) is 31.0. The molecule has 1 saturated heterocycles. The van der Waals surface area contributed by atoms with E-state index in [-0.39, 0.29) is 5.91 Å². The zero-order valence-corrected chi connectivity index (χ0v) is 7.68. The summed E-state index contributed by atoms with van der Waals surface area (Å²) in [6, 6.07) is 0. The van der Waals surface area contributed by atoms with Gasteiger partial charge < -0.3 is 4.90 Å². The van der Waals surface area contributed by atoms with Gasteiger partial charge >= 0.3 is 0 Å². The van der Waals surface area contributed by atoms with Crippen molar-refractivity contribution in [1.29, 1.82) is 0 Å². The first-order valence-electron chi connectivity index (χ1n) is 4.33. The molecule has 0 spiro atoms. The SMILES string of the molecule is CCC1(C)CCN(C(C)=O)C1. The first kappa shape index (κ1) is 8.57. The molecule has 1 aliphatic rings. The molecule has 0 aromatic carbocycles. The fourth-order valence-electron chi connectivity index (χ4n) is 1.58. The smallest absolute Gasteiger partial charge is 0.219 e. The van der Waals surface area contributed by atoms with Gasteiger partial charge in [0.15, 0.2) is 0 Å². The van der Waals surface area contributed by atoms with E-state index >= 15 is 0 Å². The largest absolute Gasteiger partial charge is 0.342 e. The third-order valence-electron chi connectivity index (χ3n) is 2.86. The van der Waals surface area contributed by atoms with Crippen LogP contribution in [-0.4, -0.2) is 23.9 Å². The van der Waals surface area contributed by atoms with Crippen molar-refractivity contribution in [2.24, 2.45) is 5.41 Å². The van der Waals surface area contributed by atoms with Crippen molar-refractivity contribution in [1.82, 2.24) is 4.90 Å². The number of amides is 1. The minimum absolute atomic E-state index is 0.224. The van der Waals surface area contributed by atoms with Gasteiger partial charge in [0.1, 0.15) is 0 Å². The van der Waals surface area contributed by atoms with Crippen molar-refractivity contribution in [2.45, 2.75) is 33.6 Å². The lowest BCUT2D eigenvalue weighted by Crippen LogP contribution is -2.28. The van der Waals surface area contributed by atoms with Crippen LogP contribution < -0.4 is 0 Å². The van der Waals surface area contributed by atoms with Gasteiger partial charge in [0.05, 0.1) is 0 Å². The van der Waals surface area contributed by atoms with Crippen LogP contribution in [-0.2, 0) is 4.79 Å². The summed E-state index contributed by atoms with van der Waals surface area (Å²) >= 11 is 0. The maximum absolute atomic E-state index is 11.0. The summed E-state index contributed by atoms with van der Waals surface area (Å²) < 4.78 is 0. The van der Waals surface area contributed by atoms with Crippen molar-refractivity contribution >= 4 is 5.91 Å². The minimum Gasteiger partial charge on any atom is -0.342 e. The summed E-state index contributed by atoms with van der Waals surface area (Å²) in [5.41, 5.74) is 0.395. The maximum Gasteiger partial charge on any atom is 0.219 e. The molecule has 0 aliphatic carbocycles. The van der Waals surface area contributed by atoms with Crippen molar-refractivity contribution in [3.05, 3.63) is 0 Å². The predicted octanol–water partition coefficient (Wildman–Crippen LogP) is 1.65. The molecule has 0 saturated carbocycles. The quantitative estimate of drug-likeness (QED) is 0.564. The Balaban J connectivity index is 2.53. The summed E-state index contributed by atoms with van der Waals surface area (Å²) in [4.78, 5) is 12.9. The van der Waals surface area contributed by atoms with E-state index < -0.39 is 0 Å². The van der Waals surface area contributed by atoms with E-state index in [4.69, 9.17) is 0 Å². The van der Waals surface area contributed by atoms with Gasteiger partial charge in [-0.2, -0.15) is 0 Å². The first-order chi connectivity index (χ1) is 5.07. The molecule has 0 aromatic heterocycles. The molecular formula is C9H17NO. The second-order valence-electron chi connectivity index (χ2n) is 3.85. The lowest BCUT2D eigenvalue weighted by atomic mass is 9.87. The van der Waals surface area contributed by atoms with Gasteiger partial charge in [0.25, 0.3) is 0 Å². The summed E-state index contributed by atoms with van der Waals surface area (Å²) in [5, 5.41) is 0. The van der Waals surface area contributed by atoms with Crippen molar-refractivity contribution in [3.8, 4) is 0 Å². The zero-order valence-electron chi connectivity index (χ0n) is 7.68. The number of likely N-dealkylation sites (tertiary alicyclic amines) is 1. The molecule has 0 bridgehead atoms. The zero-order chi connectivity index (χ0) is 8.48. The summed E-state index contributed by atoms with van der Waals surface area (Å²) in [6.45, 7) is 8.03. The number of nitrogens with zero attached hydrogens (tertiary/aromatic N) is 1. The third kappa shape index (κ3) is 1.73. The molecule has 1 fully saturated rings. The highest BCUT2D eigenvalue weighted by molar-refractivity contribution is 5.73. The number of carbonyl (C=O) groups excluding carboxylic acids is 1. The molecule has 1 amide bonds. The standard InChI is InChI=1S/C9H17NO/c1-4-9(3)5-6-10(7-9)8(2)11/h4-7H2,1-3H3.